The van der Waals surface area contributed by atoms with Crippen molar-refractivity contribution in [2.45, 2.75) is 27.7 Å². The number of carbonyl (C=O) groups is 2. The monoisotopic (exact) mass is 381 g/mol. The normalized spacial score (nSPS) is 14.5. The first-order valence-electron chi connectivity index (χ1n) is 9.64. The van der Waals surface area contributed by atoms with Crippen LogP contribution in [0.3, 0.4) is 0 Å². The van der Waals surface area contributed by atoms with Crippen LogP contribution in [0.15, 0.2) is 18.3 Å². The Hall–Kier alpha value is -2.93. The van der Waals surface area contributed by atoms with Crippen LogP contribution < -0.4 is 10.6 Å². The van der Waals surface area contributed by atoms with Gasteiger partial charge < -0.3 is 20.5 Å². The van der Waals surface area contributed by atoms with Crippen LogP contribution in [0.2, 0.25) is 0 Å². The van der Waals surface area contributed by atoms with Gasteiger partial charge in [0.15, 0.2) is 0 Å². The van der Waals surface area contributed by atoms with Crippen LogP contribution in [-0.2, 0) is 4.79 Å². The van der Waals surface area contributed by atoms with Crippen molar-refractivity contribution in [3.8, 4) is 0 Å². The van der Waals surface area contributed by atoms with Crippen molar-refractivity contribution < 1.29 is 9.59 Å². The molecule has 3 N–H and O–H groups in total. The molecule has 0 atom stereocenters. The predicted octanol–water partition coefficient (Wildman–Crippen LogP) is 2.59. The van der Waals surface area contributed by atoms with Crippen LogP contribution in [0.4, 0.5) is 5.82 Å². The molecular formula is C21H27N5O2. The molecule has 0 spiro atoms. The molecule has 28 heavy (non-hydrogen) atoms. The highest BCUT2D eigenvalue weighted by Gasteiger charge is 2.26. The van der Waals surface area contributed by atoms with Gasteiger partial charge in [0.05, 0.1) is 11.1 Å². The number of hydrogen-bond donors (Lipinski definition) is 3. The van der Waals surface area contributed by atoms with E-state index in [0.29, 0.717) is 23.5 Å². The molecule has 0 aromatic carbocycles. The van der Waals surface area contributed by atoms with Gasteiger partial charge in [0.2, 0.25) is 0 Å². The molecule has 7 nitrogen and oxygen atoms in total. The second-order valence-corrected chi connectivity index (χ2v) is 6.86. The fraction of sp³-hybridized carbons (Fsp3) is 0.381. The Morgan fingerprint density at radius 2 is 2.04 bits per heavy atom. The molecule has 2 amide bonds. The second kappa shape index (κ2) is 8.39. The third kappa shape index (κ3) is 3.84. The van der Waals surface area contributed by atoms with Crippen LogP contribution in [0.25, 0.3) is 11.6 Å². The van der Waals surface area contributed by atoms with E-state index in [1.54, 1.807) is 18.3 Å². The zero-order valence-corrected chi connectivity index (χ0v) is 16.8. The van der Waals surface area contributed by atoms with E-state index in [9.17, 15) is 9.59 Å². The SMILES string of the molecule is CCN(CC)CCNC(=O)c1c(C)[nH]c(/C=C2\C(=O)Nc3ncccc32)c1C. The number of H-pyrrole nitrogens is 1. The van der Waals surface area contributed by atoms with Gasteiger partial charge >= 0.3 is 0 Å². The van der Waals surface area contributed by atoms with Gasteiger partial charge in [-0.15, -0.1) is 0 Å². The number of amides is 2. The Morgan fingerprint density at radius 3 is 2.75 bits per heavy atom. The number of rotatable bonds is 7. The third-order valence-corrected chi connectivity index (χ3v) is 5.17. The van der Waals surface area contributed by atoms with Crippen molar-refractivity contribution in [3.63, 3.8) is 0 Å². The summed E-state index contributed by atoms with van der Waals surface area (Å²) in [6, 6.07) is 3.66. The summed E-state index contributed by atoms with van der Waals surface area (Å²) >= 11 is 0. The van der Waals surface area contributed by atoms with E-state index < -0.39 is 0 Å². The molecule has 0 bridgehead atoms. The zero-order chi connectivity index (χ0) is 20.3. The van der Waals surface area contributed by atoms with E-state index in [4.69, 9.17) is 0 Å². The molecule has 0 fully saturated rings. The minimum atomic E-state index is -0.189. The molecule has 2 aromatic rings. The summed E-state index contributed by atoms with van der Waals surface area (Å²) < 4.78 is 0. The molecule has 7 heteroatoms. The maximum Gasteiger partial charge on any atom is 0.257 e. The lowest BCUT2D eigenvalue weighted by Crippen LogP contribution is -2.35. The van der Waals surface area contributed by atoms with Crippen molar-refractivity contribution in [1.82, 2.24) is 20.2 Å². The van der Waals surface area contributed by atoms with Gasteiger partial charge in [-0.3, -0.25) is 9.59 Å². The first kappa shape index (κ1) is 19.8. The number of nitrogens with zero attached hydrogens (tertiary/aromatic N) is 2. The molecule has 1 aliphatic rings. The quantitative estimate of drug-likeness (QED) is 0.643. The van der Waals surface area contributed by atoms with E-state index in [1.165, 1.54) is 0 Å². The molecule has 3 heterocycles. The first-order chi connectivity index (χ1) is 13.5. The maximum atomic E-state index is 12.7. The lowest BCUT2D eigenvalue weighted by molar-refractivity contribution is -0.110. The Balaban J connectivity index is 1.81. The zero-order valence-electron chi connectivity index (χ0n) is 16.8. The van der Waals surface area contributed by atoms with Crippen molar-refractivity contribution in [3.05, 3.63) is 46.4 Å². The number of likely N-dealkylation sites (N-methyl/N-ethyl adjacent to an activating group) is 1. The largest absolute Gasteiger partial charge is 0.358 e. The highest BCUT2D eigenvalue weighted by Crippen LogP contribution is 2.32. The van der Waals surface area contributed by atoms with Crippen molar-refractivity contribution >= 4 is 29.3 Å². The van der Waals surface area contributed by atoms with Crippen molar-refractivity contribution in [2.75, 3.05) is 31.5 Å². The maximum absolute atomic E-state index is 12.7. The van der Waals surface area contributed by atoms with Crippen molar-refractivity contribution in [1.29, 1.82) is 0 Å². The number of aromatic amines is 1. The summed E-state index contributed by atoms with van der Waals surface area (Å²) in [4.78, 5) is 34.7. The number of hydrogen-bond acceptors (Lipinski definition) is 4. The Labute approximate surface area is 165 Å². The predicted molar refractivity (Wildman–Crippen MR) is 111 cm³/mol. The van der Waals surface area contributed by atoms with Gasteiger partial charge in [0.1, 0.15) is 5.82 Å². The van der Waals surface area contributed by atoms with E-state index >= 15 is 0 Å². The fourth-order valence-corrected chi connectivity index (χ4v) is 3.52. The van der Waals surface area contributed by atoms with Gasteiger partial charge in [-0.05, 0) is 50.7 Å². The number of carbonyl (C=O) groups excluding carboxylic acids is 2. The van der Waals surface area contributed by atoms with Gasteiger partial charge in [-0.25, -0.2) is 4.98 Å². The van der Waals surface area contributed by atoms with E-state index in [1.807, 2.05) is 19.9 Å². The Morgan fingerprint density at radius 1 is 1.29 bits per heavy atom. The first-order valence-corrected chi connectivity index (χ1v) is 9.64. The summed E-state index contributed by atoms with van der Waals surface area (Å²) in [5.74, 6) is 0.278. The third-order valence-electron chi connectivity index (χ3n) is 5.17. The Kier molecular flexibility index (Phi) is 5.94. The number of aryl methyl sites for hydroxylation is 1. The van der Waals surface area contributed by atoms with Crippen LogP contribution >= 0.6 is 0 Å². The lowest BCUT2D eigenvalue weighted by Gasteiger charge is -2.18. The van der Waals surface area contributed by atoms with Crippen LogP contribution in [0, 0.1) is 13.8 Å². The topological polar surface area (TPSA) is 90.1 Å². The van der Waals surface area contributed by atoms with Gasteiger partial charge in [-0.1, -0.05) is 13.8 Å². The molecule has 0 aliphatic carbocycles. The average molecular weight is 381 g/mol. The van der Waals surface area contributed by atoms with Gasteiger partial charge in [0.25, 0.3) is 11.8 Å². The number of nitrogens with one attached hydrogen (secondary N) is 3. The van der Waals surface area contributed by atoms with E-state index in [-0.39, 0.29) is 11.8 Å². The summed E-state index contributed by atoms with van der Waals surface area (Å²) in [6.45, 7) is 11.3. The van der Waals surface area contributed by atoms with Crippen molar-refractivity contribution in [2.24, 2.45) is 0 Å². The summed E-state index contributed by atoms with van der Waals surface area (Å²) in [5, 5.41) is 5.77. The summed E-state index contributed by atoms with van der Waals surface area (Å²) in [5.41, 5.74) is 4.32. The van der Waals surface area contributed by atoms with Gasteiger partial charge in [-0.2, -0.15) is 0 Å². The number of fused-ring (bicyclic) bond motifs is 1. The second-order valence-electron chi connectivity index (χ2n) is 6.86. The summed E-state index contributed by atoms with van der Waals surface area (Å²) in [6.07, 6.45) is 3.44. The Bertz CT molecular complexity index is 925. The molecule has 0 radical (unpaired) electrons. The average Bonchev–Trinajstić information content (AvgIpc) is 3.14. The standard InChI is InChI=1S/C21H27N5O2/c1-5-26(6-2)11-10-23-21(28)18-13(3)17(24-14(18)4)12-16-15-8-7-9-22-19(15)25-20(16)27/h7-9,12,24H,5-6,10-11H2,1-4H3,(H,23,28)(H,22,25,27)/b16-12-. The molecule has 2 aromatic heterocycles. The molecule has 148 valence electrons. The van der Waals surface area contributed by atoms with E-state index in [2.05, 4.69) is 39.3 Å². The van der Waals surface area contributed by atoms with Gasteiger partial charge in [0, 0.05) is 36.2 Å². The highest BCUT2D eigenvalue weighted by molar-refractivity contribution is 6.34. The molecule has 0 saturated carbocycles. The molecular weight excluding hydrogens is 354 g/mol. The minimum Gasteiger partial charge on any atom is -0.358 e. The number of pyridine rings is 1. The molecule has 0 unspecified atom stereocenters. The van der Waals surface area contributed by atoms with E-state index in [0.717, 1.165) is 42.1 Å². The lowest BCUT2D eigenvalue weighted by atomic mass is 10.0. The summed E-state index contributed by atoms with van der Waals surface area (Å²) in [7, 11) is 0. The molecule has 1 aliphatic heterocycles. The fourth-order valence-electron chi connectivity index (χ4n) is 3.52. The smallest absolute Gasteiger partial charge is 0.257 e. The van der Waals surface area contributed by atoms with Crippen LogP contribution in [0.1, 0.15) is 46.7 Å². The minimum absolute atomic E-state index is 0.0963. The number of anilines is 1. The molecule has 0 saturated heterocycles. The van der Waals surface area contributed by atoms with Crippen LogP contribution in [-0.4, -0.2) is 52.9 Å². The number of aromatic nitrogens is 2. The molecule has 3 rings (SSSR count). The highest BCUT2D eigenvalue weighted by atomic mass is 16.2. The van der Waals surface area contributed by atoms with Crippen LogP contribution in [0.5, 0.6) is 0 Å².